The average molecular weight is 887 g/mol. The molecule has 0 bridgehead atoms. The molecule has 0 amide bonds. The number of nitrogens with one attached hydrogen (secondary N) is 1. The second kappa shape index (κ2) is 24.2. The third-order valence-electron chi connectivity index (χ3n) is 11.9. The highest BCUT2D eigenvalue weighted by atomic mass is 16.5. The minimum absolute atomic E-state index is 0.0917. The summed E-state index contributed by atoms with van der Waals surface area (Å²) in [7, 11) is 3.29. The predicted molar refractivity (Wildman–Crippen MR) is 282 cm³/mol. The summed E-state index contributed by atoms with van der Waals surface area (Å²) in [5, 5.41) is 47.4. The Morgan fingerprint density at radius 3 is 1.47 bits per heavy atom. The Hall–Kier alpha value is -6.41. The lowest BCUT2D eigenvalue weighted by Crippen LogP contribution is -2.50. The molecule has 1 saturated carbocycles. The van der Waals surface area contributed by atoms with E-state index in [2.05, 4.69) is 31.3 Å². The van der Waals surface area contributed by atoms with E-state index in [-0.39, 0.29) is 18.0 Å². The molecule has 7 heteroatoms. The molecule has 8 aromatic rings. The van der Waals surface area contributed by atoms with Crippen molar-refractivity contribution in [1.29, 1.82) is 0 Å². The lowest BCUT2D eigenvalue weighted by atomic mass is 9.90. The van der Waals surface area contributed by atoms with E-state index in [1.807, 2.05) is 163 Å². The highest BCUT2D eigenvalue weighted by Gasteiger charge is 2.41. The molecule has 0 radical (unpaired) electrons. The van der Waals surface area contributed by atoms with Crippen molar-refractivity contribution < 1.29 is 24.8 Å². The summed E-state index contributed by atoms with van der Waals surface area (Å²) in [4.78, 5) is 4.95. The van der Waals surface area contributed by atoms with Gasteiger partial charge >= 0.3 is 0 Å². The van der Waals surface area contributed by atoms with Gasteiger partial charge in [0.05, 0.1) is 20.3 Å². The third-order valence-corrected chi connectivity index (χ3v) is 11.9. The number of hydrogen-bond acceptors (Lipinski definition) is 7. The van der Waals surface area contributed by atoms with Crippen LogP contribution in [-0.4, -0.2) is 47.5 Å². The van der Waals surface area contributed by atoms with Crippen molar-refractivity contribution in [2.45, 2.75) is 106 Å². The lowest BCUT2D eigenvalue weighted by molar-refractivity contribution is -0.00338. The van der Waals surface area contributed by atoms with E-state index in [4.69, 9.17) is 14.5 Å². The van der Waals surface area contributed by atoms with Crippen LogP contribution in [0.2, 0.25) is 0 Å². The molecule has 9 rings (SSSR count). The number of rotatable bonds is 10. The molecule has 7 nitrogen and oxygen atoms in total. The van der Waals surface area contributed by atoms with Gasteiger partial charge in [0.15, 0.2) is 0 Å². The molecule has 0 spiro atoms. The molecule has 0 aliphatic heterocycles. The Morgan fingerprint density at radius 1 is 0.576 bits per heavy atom. The maximum absolute atomic E-state index is 12.2. The quantitative estimate of drug-likeness (QED) is 0.0806. The Kier molecular flexibility index (Phi) is 18.6. The molecular weight excluding hydrogens is 817 g/mol. The van der Waals surface area contributed by atoms with E-state index in [1.54, 1.807) is 20.4 Å². The molecular formula is C59H70N2O5. The Labute approximate surface area is 392 Å². The van der Waals surface area contributed by atoms with Crippen LogP contribution in [0.25, 0.3) is 65.3 Å². The second-order valence-electron chi connectivity index (χ2n) is 15.6. The van der Waals surface area contributed by atoms with Gasteiger partial charge in [-0.25, -0.2) is 0 Å². The summed E-state index contributed by atoms with van der Waals surface area (Å²) >= 11 is 0. The maximum atomic E-state index is 12.2. The number of aliphatic imine (C=N–C) groups is 1. The van der Waals surface area contributed by atoms with Gasteiger partial charge in [-0.05, 0) is 86.6 Å². The minimum atomic E-state index is -1.35. The summed E-state index contributed by atoms with van der Waals surface area (Å²) in [5.74, 6) is 1.54. The largest absolute Gasteiger partial charge is 0.507 e. The standard InChI is InChI=1S/C49H42N2O5.C4H10.3C2H6/c1-55-40-23-21-30-12-3-7-16-36(30)43(40)45-38-18-9-5-14-32(38)26-34(47(45)52)28-50-42-20-11-25-49(42,54)51-29-35-27-33-15-6-10-19-39(33)46(48(35)53)44-37-17-8-4-13-31(37)22-24-41(44)56-2;1-3-4-2;3*1-2/h3-10,12-19,21-24,26-28,42,51-54H,11,20,25,29H2,1-2H3;3-4H2,1-2H3;3*1-2H3/t42?,49-;;;;/m1..../s1. The zero-order valence-electron chi connectivity index (χ0n) is 40.7. The van der Waals surface area contributed by atoms with Crippen molar-refractivity contribution in [3.8, 4) is 45.3 Å². The van der Waals surface area contributed by atoms with Crippen molar-refractivity contribution in [3.63, 3.8) is 0 Å². The molecule has 2 atom stereocenters. The Morgan fingerprint density at radius 2 is 1.00 bits per heavy atom. The van der Waals surface area contributed by atoms with E-state index in [0.717, 1.165) is 60.6 Å². The highest BCUT2D eigenvalue weighted by molar-refractivity contribution is 6.13. The van der Waals surface area contributed by atoms with Gasteiger partial charge in [0, 0.05) is 46.1 Å². The average Bonchev–Trinajstić information content (AvgIpc) is 3.76. The van der Waals surface area contributed by atoms with Crippen molar-refractivity contribution in [2.24, 2.45) is 4.99 Å². The van der Waals surface area contributed by atoms with Crippen LogP contribution in [0, 0.1) is 0 Å². The number of methoxy groups -OCH3 is 2. The SMILES string of the molecule is CC.CC.CC.CCCC.COc1ccc2ccccc2c1-c1c(O)c(C=NC2CCC[C@]2(O)NCc2cc3ccccc3c(-c3c(OC)ccc4ccccc34)c2O)cc2ccccc12. The van der Waals surface area contributed by atoms with Gasteiger partial charge in [-0.15, -0.1) is 0 Å². The first-order valence-corrected chi connectivity index (χ1v) is 23.9. The van der Waals surface area contributed by atoms with E-state index in [0.29, 0.717) is 46.6 Å². The van der Waals surface area contributed by atoms with E-state index in [9.17, 15) is 15.3 Å². The van der Waals surface area contributed by atoms with Gasteiger partial charge in [0.25, 0.3) is 0 Å². The number of unbranched alkanes of at least 4 members (excludes halogenated alkanes) is 1. The molecule has 1 fully saturated rings. The number of ether oxygens (including phenoxy) is 2. The van der Waals surface area contributed by atoms with Crippen LogP contribution in [-0.2, 0) is 6.54 Å². The summed E-state index contributed by atoms with van der Waals surface area (Å²) < 4.78 is 11.7. The minimum Gasteiger partial charge on any atom is -0.507 e. The number of phenolic OH excluding ortho intramolecular Hbond substituents is 2. The topological polar surface area (TPSA) is 104 Å². The number of fused-ring (bicyclic) bond motifs is 4. The molecule has 1 unspecified atom stereocenters. The van der Waals surface area contributed by atoms with Crippen LogP contribution in [0.4, 0.5) is 0 Å². The summed E-state index contributed by atoms with van der Waals surface area (Å²) in [5.41, 5.74) is 2.83. The molecule has 4 N–H and O–H groups in total. The van der Waals surface area contributed by atoms with Crippen LogP contribution in [0.1, 0.15) is 98.6 Å². The summed E-state index contributed by atoms with van der Waals surface area (Å²) in [6, 6.07) is 43.5. The second-order valence-corrected chi connectivity index (χ2v) is 15.6. The van der Waals surface area contributed by atoms with Crippen molar-refractivity contribution in [3.05, 3.63) is 145 Å². The number of benzene rings is 8. The molecule has 66 heavy (non-hydrogen) atoms. The first-order valence-electron chi connectivity index (χ1n) is 23.9. The summed E-state index contributed by atoms with van der Waals surface area (Å²) in [6.45, 7) is 16.6. The smallest absolute Gasteiger partial charge is 0.138 e. The van der Waals surface area contributed by atoms with Gasteiger partial charge < -0.3 is 24.8 Å². The van der Waals surface area contributed by atoms with Crippen LogP contribution >= 0.6 is 0 Å². The van der Waals surface area contributed by atoms with E-state index < -0.39 is 11.8 Å². The maximum Gasteiger partial charge on any atom is 0.138 e. The molecule has 8 aromatic carbocycles. The van der Waals surface area contributed by atoms with Crippen LogP contribution in [0.3, 0.4) is 0 Å². The van der Waals surface area contributed by atoms with Crippen LogP contribution in [0.5, 0.6) is 23.0 Å². The number of aliphatic hydroxyl groups is 1. The normalized spacial score (nSPS) is 15.2. The fourth-order valence-corrected chi connectivity index (χ4v) is 8.64. The van der Waals surface area contributed by atoms with Crippen molar-refractivity contribution >= 4 is 49.3 Å². The zero-order valence-corrected chi connectivity index (χ0v) is 40.7. The van der Waals surface area contributed by atoms with Gasteiger partial charge in [0.2, 0.25) is 0 Å². The van der Waals surface area contributed by atoms with Gasteiger partial charge in [-0.1, -0.05) is 177 Å². The highest BCUT2D eigenvalue weighted by Crippen LogP contribution is 2.48. The Balaban J connectivity index is 0.000000758. The molecule has 1 aliphatic carbocycles. The molecule has 0 saturated heterocycles. The first-order chi connectivity index (χ1) is 32.3. The number of hydrogen-bond donors (Lipinski definition) is 4. The van der Waals surface area contributed by atoms with Gasteiger partial charge in [0.1, 0.15) is 28.7 Å². The molecule has 0 aromatic heterocycles. The Bertz CT molecular complexity index is 2870. The lowest BCUT2D eigenvalue weighted by Gasteiger charge is -2.29. The van der Waals surface area contributed by atoms with Crippen LogP contribution < -0.4 is 14.8 Å². The third kappa shape index (κ3) is 10.5. The van der Waals surface area contributed by atoms with E-state index >= 15 is 0 Å². The molecule has 346 valence electrons. The van der Waals surface area contributed by atoms with Crippen molar-refractivity contribution in [2.75, 3.05) is 14.2 Å². The number of phenols is 2. The zero-order chi connectivity index (χ0) is 47.8. The predicted octanol–water partition coefficient (Wildman–Crippen LogP) is 15.4. The first kappa shape index (κ1) is 50.6. The fraction of sp³-hybridized carbons (Fsp3) is 0.305. The monoisotopic (exact) mass is 887 g/mol. The number of nitrogens with zero attached hydrogens (tertiary/aromatic N) is 1. The summed E-state index contributed by atoms with van der Waals surface area (Å²) in [6.07, 6.45) is 6.22. The van der Waals surface area contributed by atoms with E-state index in [1.165, 1.54) is 12.8 Å². The van der Waals surface area contributed by atoms with Crippen molar-refractivity contribution in [1.82, 2.24) is 5.32 Å². The number of aromatic hydroxyl groups is 2. The molecule has 0 heterocycles. The van der Waals surface area contributed by atoms with Gasteiger partial charge in [-0.2, -0.15) is 0 Å². The fourth-order valence-electron chi connectivity index (χ4n) is 8.64. The van der Waals surface area contributed by atoms with Crippen LogP contribution in [0.15, 0.2) is 138 Å². The van der Waals surface area contributed by atoms with Gasteiger partial charge in [-0.3, -0.25) is 10.3 Å². The molecule has 1 aliphatic rings.